The van der Waals surface area contributed by atoms with Gasteiger partial charge in [-0.3, -0.25) is 9.59 Å². The molecule has 1 aliphatic heterocycles. The summed E-state index contributed by atoms with van der Waals surface area (Å²) in [5.74, 6) is 0.990. The summed E-state index contributed by atoms with van der Waals surface area (Å²) in [6.45, 7) is 9.09. The first-order valence-electron chi connectivity index (χ1n) is 12.4. The van der Waals surface area contributed by atoms with Crippen LogP contribution in [0.4, 0.5) is 4.39 Å². The van der Waals surface area contributed by atoms with Gasteiger partial charge in [0.25, 0.3) is 5.91 Å². The van der Waals surface area contributed by atoms with Crippen LogP contribution in [0.2, 0.25) is 0 Å². The number of nitrogens with one attached hydrogen (secondary N) is 1. The summed E-state index contributed by atoms with van der Waals surface area (Å²) in [5, 5.41) is 2.83. The lowest BCUT2D eigenvalue weighted by Gasteiger charge is -2.39. The molecule has 1 atom stereocenters. The fourth-order valence-electron chi connectivity index (χ4n) is 4.40. The van der Waals surface area contributed by atoms with Crippen LogP contribution < -0.4 is 10.1 Å². The van der Waals surface area contributed by atoms with Gasteiger partial charge in [-0.2, -0.15) is 0 Å². The summed E-state index contributed by atoms with van der Waals surface area (Å²) in [4.78, 5) is 27.1. The van der Waals surface area contributed by atoms with Gasteiger partial charge in [-0.05, 0) is 65.4 Å². The zero-order chi connectivity index (χ0) is 25.8. The number of hydrogen-bond acceptors (Lipinski definition) is 4. The number of amides is 2. The standard InChI is InChI=1S/C29H33FN2O4/c1-18(2)16-31-28(33)26-11-10-24(36-26)17-35-23-9-8-20-12-13-32(29(34)19(3)4)27(25(20)15-23)21-6-5-7-22(30)14-21/h5-11,14-15,18-19,27H,12-13,16-17H2,1-4H3,(H,31,33). The van der Waals surface area contributed by atoms with E-state index in [4.69, 9.17) is 9.15 Å². The number of nitrogens with zero attached hydrogens (tertiary/aromatic N) is 1. The monoisotopic (exact) mass is 492 g/mol. The van der Waals surface area contributed by atoms with Crippen molar-refractivity contribution in [1.82, 2.24) is 10.2 Å². The number of carbonyl (C=O) groups excluding carboxylic acids is 2. The van der Waals surface area contributed by atoms with E-state index in [9.17, 15) is 14.0 Å². The minimum Gasteiger partial charge on any atom is -0.486 e. The van der Waals surface area contributed by atoms with E-state index in [-0.39, 0.29) is 35.9 Å². The highest BCUT2D eigenvalue weighted by molar-refractivity contribution is 5.91. The molecule has 36 heavy (non-hydrogen) atoms. The lowest BCUT2D eigenvalue weighted by atomic mass is 9.87. The van der Waals surface area contributed by atoms with E-state index in [1.165, 1.54) is 12.1 Å². The van der Waals surface area contributed by atoms with E-state index in [0.29, 0.717) is 36.9 Å². The number of halogens is 1. The molecule has 2 amide bonds. The van der Waals surface area contributed by atoms with Crippen LogP contribution >= 0.6 is 0 Å². The summed E-state index contributed by atoms with van der Waals surface area (Å²) >= 11 is 0. The minimum atomic E-state index is -0.400. The van der Waals surface area contributed by atoms with Gasteiger partial charge in [0.05, 0.1) is 6.04 Å². The van der Waals surface area contributed by atoms with Crippen LogP contribution in [0.1, 0.15) is 66.7 Å². The van der Waals surface area contributed by atoms with E-state index in [0.717, 1.165) is 16.7 Å². The average Bonchev–Trinajstić information content (AvgIpc) is 3.34. The first-order chi connectivity index (χ1) is 17.2. The maximum absolute atomic E-state index is 14.2. The van der Waals surface area contributed by atoms with Gasteiger partial charge < -0.3 is 19.4 Å². The molecule has 2 aromatic carbocycles. The lowest BCUT2D eigenvalue weighted by Crippen LogP contribution is -2.42. The van der Waals surface area contributed by atoms with Crippen LogP contribution in [0.3, 0.4) is 0 Å². The topological polar surface area (TPSA) is 71.8 Å². The van der Waals surface area contributed by atoms with E-state index >= 15 is 0 Å². The van der Waals surface area contributed by atoms with E-state index in [2.05, 4.69) is 5.32 Å². The van der Waals surface area contributed by atoms with Crippen LogP contribution in [-0.4, -0.2) is 29.8 Å². The first-order valence-corrected chi connectivity index (χ1v) is 12.4. The second kappa shape index (κ2) is 11.0. The predicted octanol–water partition coefficient (Wildman–Crippen LogP) is 5.51. The Labute approximate surface area is 211 Å². The largest absolute Gasteiger partial charge is 0.486 e. The summed E-state index contributed by atoms with van der Waals surface area (Å²) in [6.07, 6.45) is 0.715. The molecule has 1 unspecified atom stereocenters. The van der Waals surface area contributed by atoms with E-state index in [1.807, 2.05) is 56.9 Å². The van der Waals surface area contributed by atoms with Crippen molar-refractivity contribution < 1.29 is 23.1 Å². The smallest absolute Gasteiger partial charge is 0.287 e. The molecule has 1 aliphatic rings. The molecule has 190 valence electrons. The number of benzene rings is 2. The van der Waals surface area contributed by atoms with Gasteiger partial charge in [-0.1, -0.05) is 45.9 Å². The lowest BCUT2D eigenvalue weighted by molar-refractivity contribution is -0.136. The van der Waals surface area contributed by atoms with Gasteiger partial charge in [0.1, 0.15) is 23.9 Å². The molecule has 0 saturated heterocycles. The molecule has 6 nitrogen and oxygen atoms in total. The average molecular weight is 493 g/mol. The quantitative estimate of drug-likeness (QED) is 0.450. The number of ether oxygens (including phenoxy) is 1. The zero-order valence-electron chi connectivity index (χ0n) is 21.2. The maximum atomic E-state index is 14.2. The number of hydrogen-bond donors (Lipinski definition) is 1. The van der Waals surface area contributed by atoms with Gasteiger partial charge in [-0.15, -0.1) is 0 Å². The van der Waals surface area contributed by atoms with Crippen LogP contribution in [0.25, 0.3) is 0 Å². The van der Waals surface area contributed by atoms with Gasteiger partial charge in [0, 0.05) is 19.0 Å². The molecule has 7 heteroatoms. The Hall–Kier alpha value is -3.61. The van der Waals surface area contributed by atoms with Crippen molar-refractivity contribution in [3.8, 4) is 5.75 Å². The van der Waals surface area contributed by atoms with E-state index < -0.39 is 6.04 Å². The van der Waals surface area contributed by atoms with Gasteiger partial charge in [-0.25, -0.2) is 4.39 Å². The van der Waals surface area contributed by atoms with Gasteiger partial charge in [0.15, 0.2) is 5.76 Å². The maximum Gasteiger partial charge on any atom is 0.287 e. The predicted molar refractivity (Wildman–Crippen MR) is 135 cm³/mol. The second-order valence-corrected chi connectivity index (χ2v) is 9.91. The third kappa shape index (κ3) is 5.78. The molecular weight excluding hydrogens is 459 g/mol. The number of rotatable bonds is 8. The Morgan fingerprint density at radius 2 is 1.92 bits per heavy atom. The molecule has 1 aromatic heterocycles. The SMILES string of the molecule is CC(C)CNC(=O)c1ccc(COc2ccc3c(c2)C(c2cccc(F)c2)N(C(=O)C(C)C)CC3)o1. The van der Waals surface area contributed by atoms with Crippen LogP contribution in [0.15, 0.2) is 59.0 Å². The third-order valence-electron chi connectivity index (χ3n) is 6.22. The second-order valence-electron chi connectivity index (χ2n) is 9.91. The molecule has 0 radical (unpaired) electrons. The summed E-state index contributed by atoms with van der Waals surface area (Å²) in [7, 11) is 0. The Kier molecular flexibility index (Phi) is 7.77. The van der Waals surface area contributed by atoms with Gasteiger partial charge >= 0.3 is 0 Å². The van der Waals surface area contributed by atoms with Crippen molar-refractivity contribution in [3.05, 3.63) is 88.6 Å². The van der Waals surface area contributed by atoms with Crippen molar-refractivity contribution in [2.75, 3.05) is 13.1 Å². The van der Waals surface area contributed by atoms with Crippen LogP contribution in [-0.2, 0) is 17.8 Å². The Bertz CT molecular complexity index is 1230. The van der Waals surface area contributed by atoms with Crippen molar-refractivity contribution in [3.63, 3.8) is 0 Å². The molecule has 4 rings (SSSR count). The Morgan fingerprint density at radius 3 is 2.64 bits per heavy atom. The minimum absolute atomic E-state index is 0.0279. The molecule has 0 spiro atoms. The summed E-state index contributed by atoms with van der Waals surface area (Å²) < 4.78 is 25.8. The first kappa shape index (κ1) is 25.5. The molecule has 3 aromatic rings. The normalized spacial score (nSPS) is 15.2. The fraction of sp³-hybridized carbons (Fsp3) is 0.379. The highest BCUT2D eigenvalue weighted by atomic mass is 19.1. The van der Waals surface area contributed by atoms with Crippen molar-refractivity contribution in [2.45, 2.75) is 46.8 Å². The molecule has 0 bridgehead atoms. The van der Waals surface area contributed by atoms with Crippen LogP contribution in [0.5, 0.6) is 5.75 Å². The molecule has 2 heterocycles. The third-order valence-corrected chi connectivity index (χ3v) is 6.22. The number of carbonyl (C=O) groups is 2. The van der Waals surface area contributed by atoms with Crippen molar-refractivity contribution in [1.29, 1.82) is 0 Å². The highest BCUT2D eigenvalue weighted by Gasteiger charge is 2.33. The number of furan rings is 1. The summed E-state index contributed by atoms with van der Waals surface area (Å²) in [5.41, 5.74) is 2.75. The highest BCUT2D eigenvalue weighted by Crippen LogP contribution is 2.38. The molecule has 0 saturated carbocycles. The van der Waals surface area contributed by atoms with Crippen LogP contribution in [0, 0.1) is 17.7 Å². The molecular formula is C29H33FN2O4. The number of fused-ring (bicyclic) bond motifs is 1. The van der Waals surface area contributed by atoms with Gasteiger partial charge in [0.2, 0.25) is 5.91 Å². The van der Waals surface area contributed by atoms with Crippen molar-refractivity contribution in [2.24, 2.45) is 11.8 Å². The molecule has 0 aliphatic carbocycles. The molecule has 1 N–H and O–H groups in total. The zero-order valence-corrected chi connectivity index (χ0v) is 21.2. The van der Waals surface area contributed by atoms with Crippen molar-refractivity contribution >= 4 is 11.8 Å². The molecule has 0 fully saturated rings. The van der Waals surface area contributed by atoms with E-state index in [1.54, 1.807) is 18.2 Å². The fourth-order valence-corrected chi connectivity index (χ4v) is 4.40. The summed E-state index contributed by atoms with van der Waals surface area (Å²) in [6, 6.07) is 15.2. The Balaban J connectivity index is 1.56. The Morgan fingerprint density at radius 1 is 1.11 bits per heavy atom.